The van der Waals surface area contributed by atoms with Crippen molar-refractivity contribution in [2.75, 3.05) is 52.4 Å². The third-order valence-corrected chi connectivity index (χ3v) is 8.20. The van der Waals surface area contributed by atoms with E-state index in [2.05, 4.69) is 46.3 Å². The van der Waals surface area contributed by atoms with Gasteiger partial charge in [-0.05, 0) is 73.5 Å². The number of amides is 2. The smallest absolute Gasteiger partial charge is 0.321 e. The highest BCUT2D eigenvalue weighted by atomic mass is 16.5. The van der Waals surface area contributed by atoms with Crippen molar-refractivity contribution in [2.24, 2.45) is 0 Å². The fourth-order valence-corrected chi connectivity index (χ4v) is 5.90. The summed E-state index contributed by atoms with van der Waals surface area (Å²) in [6.07, 6.45) is 2.14. The molecule has 3 aromatic rings. The summed E-state index contributed by atoms with van der Waals surface area (Å²) in [6, 6.07) is 26.0. The molecule has 2 aliphatic heterocycles. The minimum atomic E-state index is -0.278. The highest BCUT2D eigenvalue weighted by Crippen LogP contribution is 2.42. The van der Waals surface area contributed by atoms with E-state index in [9.17, 15) is 9.59 Å². The molecule has 2 heterocycles. The lowest BCUT2D eigenvalue weighted by atomic mass is 9.74. The van der Waals surface area contributed by atoms with Gasteiger partial charge in [0.1, 0.15) is 5.75 Å². The number of nitrogens with one attached hydrogen (secondary N) is 1. The predicted octanol–water partition coefficient (Wildman–Crippen LogP) is 5.14. The highest BCUT2D eigenvalue weighted by Gasteiger charge is 2.50. The molecule has 2 amide bonds. The van der Waals surface area contributed by atoms with Crippen molar-refractivity contribution in [2.45, 2.75) is 37.3 Å². The van der Waals surface area contributed by atoms with Gasteiger partial charge < -0.3 is 24.4 Å². The van der Waals surface area contributed by atoms with Gasteiger partial charge in [-0.25, -0.2) is 4.79 Å². The van der Waals surface area contributed by atoms with E-state index in [1.54, 1.807) is 7.11 Å². The number of fused-ring (bicyclic) bond motifs is 1. The summed E-state index contributed by atoms with van der Waals surface area (Å²) in [4.78, 5) is 29.4. The number of benzene rings is 3. The molecule has 224 valence electrons. The maximum Gasteiger partial charge on any atom is 0.321 e. The first-order chi connectivity index (χ1) is 21.1. The maximum atomic E-state index is 13.4. The van der Waals surface area contributed by atoms with Crippen LogP contribution in [0, 0.1) is 11.8 Å². The number of methoxy groups -OCH3 is 2. The number of urea groups is 1. The van der Waals surface area contributed by atoms with E-state index in [1.165, 1.54) is 12.7 Å². The summed E-state index contributed by atoms with van der Waals surface area (Å²) in [6.45, 7) is 3.08. The van der Waals surface area contributed by atoms with E-state index in [-0.39, 0.29) is 36.4 Å². The summed E-state index contributed by atoms with van der Waals surface area (Å²) >= 11 is 0. The van der Waals surface area contributed by atoms with Crippen LogP contribution in [0.4, 0.5) is 10.5 Å². The van der Waals surface area contributed by atoms with Gasteiger partial charge in [0, 0.05) is 47.9 Å². The fourth-order valence-electron chi connectivity index (χ4n) is 5.90. The first-order valence-corrected chi connectivity index (χ1v) is 14.8. The molecule has 0 spiro atoms. The average molecular weight is 582 g/mol. The van der Waals surface area contributed by atoms with Crippen molar-refractivity contribution in [1.82, 2.24) is 9.80 Å². The summed E-state index contributed by atoms with van der Waals surface area (Å²) in [5.74, 6) is 7.12. The monoisotopic (exact) mass is 581 g/mol. The Bertz CT molecular complexity index is 1420. The Morgan fingerprint density at radius 2 is 1.58 bits per heavy atom. The van der Waals surface area contributed by atoms with Crippen molar-refractivity contribution in [1.29, 1.82) is 0 Å². The summed E-state index contributed by atoms with van der Waals surface area (Å²) < 4.78 is 16.0. The molecule has 0 bridgehead atoms. The van der Waals surface area contributed by atoms with Gasteiger partial charge in [0.2, 0.25) is 0 Å². The largest absolute Gasteiger partial charge is 0.497 e. The molecule has 3 atom stereocenters. The Hall–Kier alpha value is -4.32. The van der Waals surface area contributed by atoms with Crippen LogP contribution in [0.2, 0.25) is 0 Å². The Morgan fingerprint density at radius 1 is 0.884 bits per heavy atom. The number of hydrogen-bond donors (Lipinski definition) is 1. The van der Waals surface area contributed by atoms with Crippen LogP contribution in [-0.4, -0.2) is 81.0 Å². The van der Waals surface area contributed by atoms with Crippen LogP contribution in [-0.2, 0) is 14.3 Å². The molecule has 3 unspecified atom stereocenters. The maximum absolute atomic E-state index is 13.4. The molecular weight excluding hydrogens is 542 g/mol. The summed E-state index contributed by atoms with van der Waals surface area (Å²) in [5, 5.41) is 3.06. The Morgan fingerprint density at radius 3 is 2.28 bits per heavy atom. The number of carbonyl (C=O) groups is 2. The number of esters is 1. The van der Waals surface area contributed by atoms with E-state index in [1.807, 2.05) is 59.5 Å². The zero-order valence-corrected chi connectivity index (χ0v) is 24.8. The third-order valence-electron chi connectivity index (χ3n) is 8.20. The second-order valence-corrected chi connectivity index (χ2v) is 10.8. The molecular formula is C35H39N3O5. The van der Waals surface area contributed by atoms with E-state index in [4.69, 9.17) is 14.2 Å². The lowest BCUT2D eigenvalue weighted by Gasteiger charge is -2.57. The molecule has 2 aliphatic rings. The van der Waals surface area contributed by atoms with Crippen molar-refractivity contribution < 1.29 is 23.8 Å². The van der Waals surface area contributed by atoms with Gasteiger partial charge in [-0.15, -0.1) is 0 Å². The first kappa shape index (κ1) is 30.1. The van der Waals surface area contributed by atoms with Gasteiger partial charge in [-0.3, -0.25) is 9.69 Å². The average Bonchev–Trinajstić information content (AvgIpc) is 3.03. The van der Waals surface area contributed by atoms with E-state index in [0.29, 0.717) is 26.3 Å². The number of nitrogens with zero attached hydrogens (tertiary/aromatic N) is 2. The third kappa shape index (κ3) is 7.75. The number of hydrogen-bond acceptors (Lipinski definition) is 6. The van der Waals surface area contributed by atoms with Crippen molar-refractivity contribution in [3.63, 3.8) is 0 Å². The molecule has 0 aromatic heterocycles. The van der Waals surface area contributed by atoms with Crippen molar-refractivity contribution >= 4 is 17.7 Å². The van der Waals surface area contributed by atoms with Crippen LogP contribution in [0.1, 0.15) is 41.9 Å². The van der Waals surface area contributed by atoms with Gasteiger partial charge in [0.15, 0.2) is 0 Å². The van der Waals surface area contributed by atoms with Gasteiger partial charge in [-0.2, -0.15) is 0 Å². The zero-order chi connectivity index (χ0) is 30.0. The Kier molecular flexibility index (Phi) is 10.3. The van der Waals surface area contributed by atoms with Gasteiger partial charge in [0.25, 0.3) is 0 Å². The Labute approximate surface area is 253 Å². The zero-order valence-electron chi connectivity index (χ0n) is 24.8. The predicted molar refractivity (Wildman–Crippen MR) is 166 cm³/mol. The molecule has 1 N–H and O–H groups in total. The number of anilines is 1. The molecule has 43 heavy (non-hydrogen) atoms. The molecule has 5 rings (SSSR count). The van der Waals surface area contributed by atoms with Gasteiger partial charge in [0.05, 0.1) is 33.9 Å². The minimum Gasteiger partial charge on any atom is -0.497 e. The normalized spacial score (nSPS) is 19.9. The summed E-state index contributed by atoms with van der Waals surface area (Å²) in [7, 11) is 3.01. The van der Waals surface area contributed by atoms with Crippen LogP contribution >= 0.6 is 0 Å². The number of ether oxygens (including phenoxy) is 3. The molecule has 0 saturated carbocycles. The van der Waals surface area contributed by atoms with E-state index >= 15 is 0 Å². The van der Waals surface area contributed by atoms with Crippen LogP contribution in [0.5, 0.6) is 5.75 Å². The van der Waals surface area contributed by atoms with Crippen molar-refractivity contribution in [3.05, 3.63) is 95.6 Å². The van der Waals surface area contributed by atoms with Gasteiger partial charge in [-0.1, -0.05) is 42.2 Å². The Balaban J connectivity index is 1.32. The van der Waals surface area contributed by atoms with Crippen LogP contribution in [0.15, 0.2) is 78.9 Å². The van der Waals surface area contributed by atoms with Crippen LogP contribution in [0.3, 0.4) is 0 Å². The minimum absolute atomic E-state index is 0.102. The van der Waals surface area contributed by atoms with Crippen molar-refractivity contribution in [3.8, 4) is 17.6 Å². The molecule has 2 fully saturated rings. The van der Waals surface area contributed by atoms with E-state index < -0.39 is 0 Å². The molecule has 3 aromatic carbocycles. The highest BCUT2D eigenvalue weighted by molar-refractivity contribution is 5.89. The van der Waals surface area contributed by atoms with Gasteiger partial charge >= 0.3 is 12.0 Å². The molecule has 8 heteroatoms. The van der Waals surface area contributed by atoms with Crippen LogP contribution < -0.4 is 10.1 Å². The second-order valence-electron chi connectivity index (χ2n) is 10.8. The molecule has 0 aliphatic carbocycles. The summed E-state index contributed by atoms with van der Waals surface area (Å²) in [5.41, 5.74) is 3.86. The number of rotatable bonds is 8. The lowest BCUT2D eigenvalue weighted by Crippen LogP contribution is -2.68. The lowest BCUT2D eigenvalue weighted by molar-refractivity contribution is -0.142. The molecule has 8 nitrogen and oxygen atoms in total. The molecule has 2 saturated heterocycles. The second kappa shape index (κ2) is 14.7. The first-order valence-electron chi connectivity index (χ1n) is 14.8. The van der Waals surface area contributed by atoms with Crippen LogP contribution in [0.25, 0.3) is 0 Å². The molecule has 0 radical (unpaired) electrons. The SMILES string of the molecule is COC(=O)CCOCC1C(c2ccc(C#Cc3ccccc3)cc2)C2CN(C(=O)Nc3ccc(OC)cc3)CCCCN12. The fraction of sp³-hybridized carbons (Fsp3) is 0.371. The topological polar surface area (TPSA) is 80.3 Å². The quantitative estimate of drug-likeness (QED) is 0.226. The number of carbonyl (C=O) groups excluding carboxylic acids is 2. The van der Waals surface area contributed by atoms with E-state index in [0.717, 1.165) is 42.0 Å². The standard InChI is InChI=1S/C35H39N3O5/c1-41-30-18-16-29(17-19-30)36-35(40)37-21-6-7-22-38-31(24-37)34(32(38)25-43-23-20-33(39)42-2)28-14-12-27(13-15-28)11-10-26-8-4-3-5-9-26/h3-5,8-9,12-19,31-32,34H,6-7,20-25H2,1-2H3,(H,36,40).